The molecular weight excluding hydrogens is 1020 g/mol. The minimum absolute atomic E-state index is 0.991. The minimum atomic E-state index is -6.09. The molecule has 2 aliphatic heterocycles. The quantitative estimate of drug-likeness (QED) is 0.0775. The van der Waals surface area contributed by atoms with Gasteiger partial charge in [-0.3, -0.25) is 0 Å². The van der Waals surface area contributed by atoms with Gasteiger partial charge in [0.1, 0.15) is 0 Å². The second-order valence-electron chi connectivity index (χ2n) is 14.9. The van der Waals surface area contributed by atoms with Crippen molar-refractivity contribution in [3.63, 3.8) is 0 Å². The van der Waals surface area contributed by atoms with Crippen molar-refractivity contribution < 1.29 is 61.4 Å². The van der Waals surface area contributed by atoms with Gasteiger partial charge in [0.2, 0.25) is 11.4 Å². The summed E-state index contributed by atoms with van der Waals surface area (Å²) >= 11 is 7.28. The van der Waals surface area contributed by atoms with Crippen LogP contribution >= 0.6 is 31.9 Å². The molecule has 0 atom stereocenters. The highest BCUT2D eigenvalue weighted by molar-refractivity contribution is 9.10. The molecule has 0 unspecified atom stereocenters. The lowest BCUT2D eigenvalue weighted by atomic mass is 9.79. The van der Waals surface area contributed by atoms with E-state index in [-0.39, 0.29) is 0 Å². The average molecular weight is 1050 g/mol. The molecule has 0 spiro atoms. The number of fused-ring (bicyclic) bond motifs is 9. The number of benzene rings is 3. The topological polar surface area (TPSA) is 154 Å². The van der Waals surface area contributed by atoms with Crippen molar-refractivity contribution in [2.24, 2.45) is 0 Å². The van der Waals surface area contributed by atoms with Crippen LogP contribution in [-0.2, 0) is 46.2 Å². The molecule has 0 fully saturated rings. The summed E-state index contributed by atoms with van der Waals surface area (Å²) in [7, 11) is -12.2. The van der Waals surface area contributed by atoms with Crippen LogP contribution in [0.2, 0.25) is 0 Å². The summed E-state index contributed by atoms with van der Waals surface area (Å²) in [4.78, 5) is 6.83. The number of pyridine rings is 2. The molecule has 0 bridgehead atoms. The number of hydrogen-bond donors (Lipinski definition) is 2. The van der Waals surface area contributed by atoms with Crippen LogP contribution in [0.25, 0.3) is 68.6 Å². The van der Waals surface area contributed by atoms with Crippen molar-refractivity contribution in [1.29, 1.82) is 0 Å². The van der Waals surface area contributed by atoms with Crippen molar-refractivity contribution in [2.45, 2.75) is 50.8 Å². The summed E-state index contributed by atoms with van der Waals surface area (Å²) in [6, 6.07) is 22.0. The Labute approximate surface area is 379 Å². The van der Waals surface area contributed by atoms with Crippen LogP contribution in [-0.4, -0.2) is 46.9 Å². The van der Waals surface area contributed by atoms with E-state index in [0.29, 0.717) is 0 Å². The fourth-order valence-corrected chi connectivity index (χ4v) is 8.50. The Balaban J connectivity index is 0.000000328. The first kappa shape index (κ1) is 46.9. The molecule has 0 amide bonds. The highest BCUT2D eigenvalue weighted by atomic mass is 79.9. The molecule has 7 aromatic rings. The van der Waals surface area contributed by atoms with E-state index in [9.17, 15) is 26.3 Å². The lowest BCUT2D eigenvalue weighted by Gasteiger charge is -2.27. The maximum atomic E-state index is 10.7. The largest absolute Gasteiger partial charge is 0.741 e. The second-order valence-corrected chi connectivity index (χ2v) is 19.4. The standard InChI is InChI=1S/C42H32Br2N4.2CHF3O3S/c1-25-26(2)34-14-18-48-16-12-28(4-6-30-24-46-38-10-8-32(44)22-36(30)38)20-40(48)42(34)41-33(25)13-17-47-15-11-27(19-39(41)47)3-5-29-23-45-37-9-7-31(43)21-35(29)37;2*2-1(3,4)8(5,6)7/h3-12,15-16,19-24H,13-14,17-18H2,1-2H3;2*(H,5,6,7). The van der Waals surface area contributed by atoms with Crippen molar-refractivity contribution >= 4 is 98.2 Å². The van der Waals surface area contributed by atoms with Gasteiger partial charge < -0.3 is 19.1 Å². The van der Waals surface area contributed by atoms with E-state index < -0.39 is 31.3 Å². The molecule has 10 nitrogen and oxygen atoms in total. The minimum Gasteiger partial charge on any atom is -0.741 e. The van der Waals surface area contributed by atoms with Crippen LogP contribution in [0.15, 0.2) is 94.4 Å². The zero-order valence-corrected chi connectivity index (χ0v) is 38.2. The Hall–Kier alpha value is -5.12. The Morgan fingerprint density at radius 1 is 0.594 bits per heavy atom. The van der Waals surface area contributed by atoms with Crippen LogP contribution in [0, 0.1) is 13.8 Å². The van der Waals surface area contributed by atoms with Crippen LogP contribution in [0.1, 0.15) is 44.5 Å². The summed E-state index contributed by atoms with van der Waals surface area (Å²) in [6.07, 6.45) is 19.8. The van der Waals surface area contributed by atoms with E-state index in [0.717, 1.165) is 45.9 Å². The lowest BCUT2D eigenvalue weighted by molar-refractivity contribution is -0.689. The lowest BCUT2D eigenvalue weighted by Crippen LogP contribution is -2.43. The van der Waals surface area contributed by atoms with Gasteiger partial charge in [0.25, 0.3) is 0 Å². The number of aromatic nitrogens is 4. The van der Waals surface area contributed by atoms with Gasteiger partial charge in [0.15, 0.2) is 45.7 Å². The molecule has 64 heavy (non-hydrogen) atoms. The van der Waals surface area contributed by atoms with Gasteiger partial charge in [-0.25, -0.2) is 16.8 Å². The maximum absolute atomic E-state index is 10.7. The van der Waals surface area contributed by atoms with Gasteiger partial charge in [0.05, 0.1) is 11.1 Å². The van der Waals surface area contributed by atoms with Crippen LogP contribution < -0.4 is 9.13 Å². The molecule has 0 saturated heterocycles. The van der Waals surface area contributed by atoms with E-state index in [1.54, 1.807) is 0 Å². The molecule has 2 aliphatic rings. The molecule has 2 N–H and O–H groups in total. The van der Waals surface area contributed by atoms with Crippen LogP contribution in [0.4, 0.5) is 26.3 Å². The normalized spacial score (nSPS) is 13.8. The summed E-state index contributed by atoms with van der Waals surface area (Å²) in [5, 5.41) is 2.43. The van der Waals surface area contributed by atoms with Gasteiger partial charge in [-0.15, -0.1) is 0 Å². The first-order valence-corrected chi connectivity index (χ1v) is 23.5. The fourth-order valence-electron chi connectivity index (χ4n) is 7.78. The summed E-state index contributed by atoms with van der Waals surface area (Å²) in [6.45, 7) is 6.66. The third-order valence-electron chi connectivity index (χ3n) is 11.0. The molecule has 6 heterocycles. The number of H-pyrrole nitrogens is 2. The number of nitrogens with zero attached hydrogens (tertiary/aromatic N) is 2. The average Bonchev–Trinajstić information content (AvgIpc) is 3.82. The molecule has 20 heteroatoms. The van der Waals surface area contributed by atoms with Crippen molar-refractivity contribution in [1.82, 2.24) is 9.97 Å². The first-order valence-electron chi connectivity index (χ1n) is 19.1. The number of aryl methyl sites for hydroxylation is 2. The number of aromatic amines is 2. The molecule has 4 aromatic heterocycles. The van der Waals surface area contributed by atoms with E-state index in [4.69, 9.17) is 25.9 Å². The van der Waals surface area contributed by atoms with E-state index in [1.165, 1.54) is 77.8 Å². The number of halogens is 8. The number of alkyl halides is 6. The third kappa shape index (κ3) is 9.76. The van der Waals surface area contributed by atoms with Crippen molar-refractivity contribution in [3.05, 3.63) is 139 Å². The van der Waals surface area contributed by atoms with Gasteiger partial charge in [-0.1, -0.05) is 56.2 Å². The van der Waals surface area contributed by atoms with E-state index in [1.807, 2.05) is 0 Å². The summed E-state index contributed by atoms with van der Waals surface area (Å²) in [5.74, 6) is 0. The summed E-state index contributed by atoms with van der Waals surface area (Å²) < 4.78 is 125. The molecule has 334 valence electrons. The number of rotatable bonds is 4. The molecule has 3 aromatic carbocycles. The first-order chi connectivity index (χ1) is 29.9. The van der Waals surface area contributed by atoms with Gasteiger partial charge >= 0.3 is 11.0 Å². The van der Waals surface area contributed by atoms with Gasteiger partial charge in [0, 0.05) is 80.3 Å². The monoisotopic (exact) mass is 1050 g/mol. The fraction of sp³-hybridized carbons (Fsp3) is 0.182. The highest BCUT2D eigenvalue weighted by Gasteiger charge is 2.38. The SMILES string of the molecule is Cc1c(C)c2c(c3c1CC[n+]1ccc(/C=C/c4c[nH]c5ccc(Br)cc45)cc1-3)-c1cc(/C=C/c3c[nH]c4ccc(Br)cc34)cc[n+]1CC2.O=S(=O)([O-])C(F)(F)F.O=S(=O)([O-])C(F)(F)F. The second kappa shape index (κ2) is 17.7. The van der Waals surface area contributed by atoms with Crippen molar-refractivity contribution in [3.8, 4) is 22.5 Å². The highest BCUT2D eigenvalue weighted by Crippen LogP contribution is 2.43. The predicted molar refractivity (Wildman–Crippen MR) is 236 cm³/mol. The Morgan fingerprint density at radius 3 is 1.30 bits per heavy atom. The molecular formula is C44H34Br2F6N4O6S2. The number of hydrogen-bond acceptors (Lipinski definition) is 6. The predicted octanol–water partition coefficient (Wildman–Crippen LogP) is 10.3. The zero-order chi connectivity index (χ0) is 46.5. The zero-order valence-electron chi connectivity index (χ0n) is 33.4. The van der Waals surface area contributed by atoms with Crippen LogP contribution in [0.5, 0.6) is 0 Å². The van der Waals surface area contributed by atoms with Gasteiger partial charge in [-0.05, 0) is 94.8 Å². The van der Waals surface area contributed by atoms with E-state index in [2.05, 4.69) is 175 Å². The Morgan fingerprint density at radius 2 is 0.953 bits per heavy atom. The molecule has 0 saturated carbocycles. The molecule has 9 rings (SSSR count). The summed E-state index contributed by atoms with van der Waals surface area (Å²) in [5.41, 5.74) is 7.09. The van der Waals surface area contributed by atoms with Gasteiger partial charge in [-0.2, -0.15) is 35.5 Å². The molecule has 0 aliphatic carbocycles. The van der Waals surface area contributed by atoms with Crippen LogP contribution in [0.3, 0.4) is 0 Å². The smallest absolute Gasteiger partial charge is 0.485 e. The third-order valence-corrected chi connectivity index (χ3v) is 13.1. The van der Waals surface area contributed by atoms with Crippen molar-refractivity contribution in [2.75, 3.05) is 0 Å². The number of nitrogens with one attached hydrogen (secondary N) is 2. The Kier molecular flexibility index (Phi) is 13.0. The van der Waals surface area contributed by atoms with E-state index >= 15 is 0 Å². The molecule has 0 radical (unpaired) electrons. The Bertz CT molecular complexity index is 3050. The maximum Gasteiger partial charge on any atom is 0.485 e.